The van der Waals surface area contributed by atoms with Gasteiger partial charge in [-0.25, -0.2) is 4.79 Å². The minimum absolute atomic E-state index is 0.117. The molecule has 1 unspecified atom stereocenters. The average molecular weight is 272 g/mol. The predicted octanol–water partition coefficient (Wildman–Crippen LogP) is 1.86. The Hall–Kier alpha value is -1.79. The number of nitrogens with zero attached hydrogens (tertiary/aromatic N) is 2. The first-order chi connectivity index (χ1) is 8.66. The van der Waals surface area contributed by atoms with Crippen LogP contribution in [0.4, 0.5) is 4.79 Å². The van der Waals surface area contributed by atoms with Crippen LogP contribution in [-0.4, -0.2) is 40.9 Å². The summed E-state index contributed by atoms with van der Waals surface area (Å²) in [5.74, 6) is -0.376. The first-order valence-corrected chi connectivity index (χ1v) is 6.13. The van der Waals surface area contributed by atoms with Crippen molar-refractivity contribution in [1.82, 2.24) is 5.01 Å². The van der Waals surface area contributed by atoms with Crippen molar-refractivity contribution < 1.29 is 23.8 Å². The van der Waals surface area contributed by atoms with E-state index in [0.29, 0.717) is 0 Å². The lowest BCUT2D eigenvalue weighted by molar-refractivity contribution is -0.145. The summed E-state index contributed by atoms with van der Waals surface area (Å²) in [4.78, 5) is 23.6. The molecule has 1 atom stereocenters. The number of rotatable bonds is 3. The molecule has 0 aromatic heterocycles. The summed E-state index contributed by atoms with van der Waals surface area (Å²) in [6.45, 7) is 9.73. The van der Waals surface area contributed by atoms with Gasteiger partial charge in [0.2, 0.25) is 0 Å². The van der Waals surface area contributed by atoms with Crippen molar-refractivity contribution in [3.63, 3.8) is 0 Å². The molecule has 0 aromatic rings. The van der Waals surface area contributed by atoms with Gasteiger partial charge in [0.05, 0.1) is 12.2 Å². The van der Waals surface area contributed by atoms with Gasteiger partial charge in [0.15, 0.2) is 5.78 Å². The van der Waals surface area contributed by atoms with Gasteiger partial charge in [-0.15, -0.1) is 5.01 Å². The molecule has 0 N–H and O–H groups in total. The highest BCUT2D eigenvalue weighted by molar-refractivity contribution is 5.92. The lowest BCUT2D eigenvalue weighted by atomic mass is 10.2. The Morgan fingerprint density at radius 3 is 2.26 bits per heavy atom. The van der Waals surface area contributed by atoms with Gasteiger partial charge in [-0.2, -0.15) is 0 Å². The molecule has 0 aliphatic carbocycles. The van der Waals surface area contributed by atoms with Crippen LogP contribution in [0, 0.1) is 0 Å². The zero-order chi connectivity index (χ0) is 14.8. The van der Waals surface area contributed by atoms with E-state index < -0.39 is 11.8 Å². The third-order valence-electron chi connectivity index (χ3n) is 2.37. The van der Waals surface area contributed by atoms with Crippen LogP contribution in [0.25, 0.3) is 0 Å². The maximum Gasteiger partial charge on any atom is 0.434 e. The number of Topliss-reactive ketones (excluding diaryl/α,β-unsaturated/α-hetero) is 1. The van der Waals surface area contributed by atoms with E-state index >= 15 is 0 Å². The predicted molar refractivity (Wildman–Crippen MR) is 67.3 cm³/mol. The van der Waals surface area contributed by atoms with E-state index in [9.17, 15) is 9.59 Å². The molecule has 1 heterocycles. The Bertz CT molecular complexity index is 405. The van der Waals surface area contributed by atoms with Crippen LogP contribution >= 0.6 is 0 Å². The van der Waals surface area contributed by atoms with Crippen molar-refractivity contribution in [3.05, 3.63) is 0 Å². The molecule has 0 spiro atoms. The molecule has 7 nitrogen and oxygen atoms in total. The Kier molecular flexibility index (Phi) is 4.39. The topological polar surface area (TPSA) is 77.4 Å². The standard InChI is InChI=1S/C12H20N2O5/c1-7(2)17-10-13-14(11(16)18-8(3)4)12(6,19-10)9(5)15/h7-8H,1-6H3. The minimum Gasteiger partial charge on any atom is -0.447 e. The second kappa shape index (κ2) is 5.46. The Morgan fingerprint density at radius 1 is 1.26 bits per heavy atom. The number of ether oxygens (including phenoxy) is 3. The Labute approximate surface area is 112 Å². The molecular formula is C12H20N2O5. The fourth-order valence-corrected chi connectivity index (χ4v) is 1.35. The fraction of sp³-hybridized carbons (Fsp3) is 0.750. The smallest absolute Gasteiger partial charge is 0.434 e. The van der Waals surface area contributed by atoms with Gasteiger partial charge in [0.1, 0.15) is 0 Å². The molecule has 0 bridgehead atoms. The maximum absolute atomic E-state index is 11.9. The number of ketones is 1. The second-order valence-corrected chi connectivity index (χ2v) is 4.92. The zero-order valence-corrected chi connectivity index (χ0v) is 12.1. The van der Waals surface area contributed by atoms with E-state index in [1.54, 1.807) is 27.7 Å². The molecule has 19 heavy (non-hydrogen) atoms. The highest BCUT2D eigenvalue weighted by Gasteiger charge is 2.50. The summed E-state index contributed by atoms with van der Waals surface area (Å²) in [5, 5.41) is 4.73. The van der Waals surface area contributed by atoms with Gasteiger partial charge in [-0.3, -0.25) is 4.79 Å². The van der Waals surface area contributed by atoms with Crippen molar-refractivity contribution in [2.45, 2.75) is 59.5 Å². The van der Waals surface area contributed by atoms with E-state index in [2.05, 4.69) is 5.10 Å². The second-order valence-electron chi connectivity index (χ2n) is 4.92. The van der Waals surface area contributed by atoms with Gasteiger partial charge >= 0.3 is 12.2 Å². The van der Waals surface area contributed by atoms with Gasteiger partial charge < -0.3 is 14.2 Å². The number of carbonyl (C=O) groups is 2. The summed E-state index contributed by atoms with van der Waals surface area (Å²) in [5.41, 5.74) is -1.53. The lowest BCUT2D eigenvalue weighted by Gasteiger charge is -2.27. The normalized spacial score (nSPS) is 22.3. The quantitative estimate of drug-likeness (QED) is 0.783. The number of hydrazone groups is 1. The Balaban J connectivity index is 2.96. The molecule has 108 valence electrons. The lowest BCUT2D eigenvalue weighted by Crippen LogP contribution is -2.50. The third-order valence-corrected chi connectivity index (χ3v) is 2.37. The minimum atomic E-state index is -1.53. The number of hydrogen-bond acceptors (Lipinski definition) is 6. The van der Waals surface area contributed by atoms with Crippen LogP contribution in [0.2, 0.25) is 0 Å². The van der Waals surface area contributed by atoms with Crippen molar-refractivity contribution in [2.75, 3.05) is 0 Å². The van der Waals surface area contributed by atoms with Gasteiger partial charge in [-0.05, 0) is 27.7 Å². The van der Waals surface area contributed by atoms with Gasteiger partial charge in [-0.1, -0.05) is 5.10 Å². The van der Waals surface area contributed by atoms with Crippen LogP contribution in [0.5, 0.6) is 0 Å². The molecule has 1 rings (SSSR count). The molecule has 1 amide bonds. The summed E-state index contributed by atoms with van der Waals surface area (Å²) in [7, 11) is 0. The zero-order valence-electron chi connectivity index (χ0n) is 12.1. The van der Waals surface area contributed by atoms with E-state index in [1.165, 1.54) is 13.8 Å². The van der Waals surface area contributed by atoms with Crippen LogP contribution in [0.3, 0.4) is 0 Å². The molecule has 1 aliphatic rings. The summed E-state index contributed by atoms with van der Waals surface area (Å²) >= 11 is 0. The SMILES string of the molecule is CC(=O)C1(C)OC(OC(C)C)=NN1C(=O)OC(C)C. The molecule has 7 heteroatoms. The molecular weight excluding hydrogens is 252 g/mol. The largest absolute Gasteiger partial charge is 0.447 e. The number of amides is 1. The third kappa shape index (κ3) is 3.36. The van der Waals surface area contributed by atoms with Crippen molar-refractivity contribution in [3.8, 4) is 0 Å². The molecule has 0 fully saturated rings. The van der Waals surface area contributed by atoms with E-state index in [0.717, 1.165) is 5.01 Å². The fourth-order valence-electron chi connectivity index (χ4n) is 1.35. The summed E-state index contributed by atoms with van der Waals surface area (Å²) in [6, 6.07) is 0. The molecule has 1 aliphatic heterocycles. The van der Waals surface area contributed by atoms with Crippen LogP contribution in [0.1, 0.15) is 41.5 Å². The van der Waals surface area contributed by atoms with E-state index in [-0.39, 0.29) is 24.1 Å². The highest BCUT2D eigenvalue weighted by atomic mass is 16.7. The van der Waals surface area contributed by atoms with E-state index in [1.807, 2.05) is 0 Å². The van der Waals surface area contributed by atoms with Crippen LogP contribution in [-0.2, 0) is 19.0 Å². The molecule has 0 aromatic carbocycles. The average Bonchev–Trinajstić information content (AvgIpc) is 2.54. The van der Waals surface area contributed by atoms with Crippen molar-refractivity contribution in [2.24, 2.45) is 5.10 Å². The Morgan fingerprint density at radius 2 is 1.84 bits per heavy atom. The number of carbonyl (C=O) groups excluding carboxylic acids is 2. The summed E-state index contributed by atoms with van der Waals surface area (Å²) in [6.07, 6.45) is -1.38. The first-order valence-electron chi connectivity index (χ1n) is 6.13. The van der Waals surface area contributed by atoms with Crippen LogP contribution in [0.15, 0.2) is 5.10 Å². The van der Waals surface area contributed by atoms with Crippen LogP contribution < -0.4 is 0 Å². The maximum atomic E-state index is 11.9. The van der Waals surface area contributed by atoms with Gasteiger partial charge in [0, 0.05) is 13.8 Å². The van der Waals surface area contributed by atoms with E-state index in [4.69, 9.17) is 14.2 Å². The molecule has 0 saturated carbocycles. The van der Waals surface area contributed by atoms with Gasteiger partial charge in [0.25, 0.3) is 5.72 Å². The number of hydrogen-bond donors (Lipinski definition) is 0. The molecule has 0 saturated heterocycles. The van der Waals surface area contributed by atoms with Crippen molar-refractivity contribution in [1.29, 1.82) is 0 Å². The first kappa shape index (κ1) is 15.3. The molecule has 0 radical (unpaired) electrons. The highest BCUT2D eigenvalue weighted by Crippen LogP contribution is 2.27. The monoisotopic (exact) mass is 272 g/mol. The van der Waals surface area contributed by atoms with Crippen molar-refractivity contribution >= 4 is 18.0 Å². The summed E-state index contributed by atoms with van der Waals surface area (Å²) < 4.78 is 15.6.